The maximum absolute atomic E-state index is 5.71. The van der Waals surface area contributed by atoms with E-state index in [1.807, 2.05) is 32.2 Å². The largest absolute Gasteiger partial charge is 0.355 e. The lowest BCUT2D eigenvalue weighted by Crippen LogP contribution is -2.21. The number of nitrogens with two attached hydrogens (primary N) is 1. The van der Waals surface area contributed by atoms with Gasteiger partial charge in [0.2, 0.25) is 0 Å². The van der Waals surface area contributed by atoms with Crippen LogP contribution in [0.4, 0.5) is 5.82 Å². The molecule has 0 radical (unpaired) electrons. The van der Waals surface area contributed by atoms with E-state index in [0.29, 0.717) is 6.54 Å². The molecule has 0 aliphatic heterocycles. The summed E-state index contributed by atoms with van der Waals surface area (Å²) in [6, 6.07) is 10.3. The zero-order valence-corrected chi connectivity index (χ0v) is 11.0. The number of fused-ring (bicyclic) bond motifs is 1. The molecular formula is C15H19N3. The monoisotopic (exact) mass is 241 g/mol. The Balaban J connectivity index is 2.56. The number of hydrogen-bond donors (Lipinski definition) is 1. The first kappa shape index (κ1) is 12.6. The van der Waals surface area contributed by atoms with E-state index in [4.69, 9.17) is 5.73 Å². The van der Waals surface area contributed by atoms with Gasteiger partial charge in [-0.3, -0.25) is 0 Å². The van der Waals surface area contributed by atoms with E-state index in [9.17, 15) is 0 Å². The molecule has 2 N–H and O–H groups in total. The summed E-state index contributed by atoms with van der Waals surface area (Å²) in [4.78, 5) is 6.75. The van der Waals surface area contributed by atoms with E-state index in [1.54, 1.807) is 0 Å². The molecule has 3 heteroatoms. The molecule has 94 valence electrons. The molecule has 18 heavy (non-hydrogen) atoms. The van der Waals surface area contributed by atoms with Gasteiger partial charge in [0.1, 0.15) is 5.82 Å². The van der Waals surface area contributed by atoms with Crippen molar-refractivity contribution in [3.05, 3.63) is 48.2 Å². The third-order valence-electron chi connectivity index (χ3n) is 2.85. The van der Waals surface area contributed by atoms with E-state index in [-0.39, 0.29) is 0 Å². The third kappa shape index (κ3) is 2.51. The molecule has 2 aromatic rings. The second-order valence-corrected chi connectivity index (χ2v) is 4.68. The number of aromatic nitrogens is 1. The van der Waals surface area contributed by atoms with Crippen LogP contribution in [0, 0.1) is 0 Å². The van der Waals surface area contributed by atoms with Crippen LogP contribution in [0.5, 0.6) is 0 Å². The Kier molecular flexibility index (Phi) is 3.63. The lowest BCUT2D eigenvalue weighted by atomic mass is 10.1. The van der Waals surface area contributed by atoms with Crippen molar-refractivity contribution in [2.45, 2.75) is 13.5 Å². The third-order valence-corrected chi connectivity index (χ3v) is 2.85. The molecule has 1 aromatic carbocycles. The summed E-state index contributed by atoms with van der Waals surface area (Å²) in [6.45, 7) is 7.22. The van der Waals surface area contributed by atoms with Crippen LogP contribution in [-0.2, 0) is 6.54 Å². The second-order valence-electron chi connectivity index (χ2n) is 4.68. The highest BCUT2D eigenvalue weighted by Gasteiger charge is 2.09. The van der Waals surface area contributed by atoms with Crippen LogP contribution in [0.1, 0.15) is 12.6 Å². The molecular weight excluding hydrogens is 222 g/mol. The van der Waals surface area contributed by atoms with Crippen LogP contribution in [0.2, 0.25) is 0 Å². The van der Waals surface area contributed by atoms with Gasteiger partial charge in [-0.1, -0.05) is 36.4 Å². The zero-order chi connectivity index (χ0) is 13.1. The number of benzene rings is 1. The first-order valence-corrected chi connectivity index (χ1v) is 6.06. The Morgan fingerprint density at radius 3 is 2.78 bits per heavy atom. The quantitative estimate of drug-likeness (QED) is 0.837. The Hall–Kier alpha value is -1.87. The first-order valence-electron chi connectivity index (χ1n) is 6.06. The fourth-order valence-electron chi connectivity index (χ4n) is 2.11. The minimum atomic E-state index is 0.457. The van der Waals surface area contributed by atoms with Crippen LogP contribution in [0.15, 0.2) is 42.5 Å². The van der Waals surface area contributed by atoms with Gasteiger partial charge in [-0.2, -0.15) is 0 Å². The molecule has 1 heterocycles. The molecule has 0 atom stereocenters. The van der Waals surface area contributed by atoms with Crippen LogP contribution >= 0.6 is 0 Å². The first-order chi connectivity index (χ1) is 8.61. The molecule has 2 rings (SSSR count). The average molecular weight is 241 g/mol. The molecule has 0 fully saturated rings. The van der Waals surface area contributed by atoms with Gasteiger partial charge in [-0.05, 0) is 18.4 Å². The fourth-order valence-corrected chi connectivity index (χ4v) is 2.11. The van der Waals surface area contributed by atoms with Crippen molar-refractivity contribution in [2.24, 2.45) is 5.73 Å². The Morgan fingerprint density at radius 2 is 2.11 bits per heavy atom. The van der Waals surface area contributed by atoms with Crippen molar-refractivity contribution in [3.63, 3.8) is 0 Å². The molecule has 3 nitrogen and oxygen atoms in total. The molecule has 0 aliphatic carbocycles. The lowest BCUT2D eigenvalue weighted by Gasteiger charge is -2.21. The molecule has 0 spiro atoms. The highest BCUT2D eigenvalue weighted by Crippen LogP contribution is 2.25. The number of likely N-dealkylation sites (N-methyl/N-ethyl adjacent to an activating group) is 1. The summed E-state index contributed by atoms with van der Waals surface area (Å²) >= 11 is 0. The van der Waals surface area contributed by atoms with Crippen molar-refractivity contribution in [3.8, 4) is 0 Å². The SMILES string of the molecule is C=C(C)CN(C)c1nc(CN)cc2ccccc12. The van der Waals surface area contributed by atoms with Gasteiger partial charge in [-0.15, -0.1) is 0 Å². The highest BCUT2D eigenvalue weighted by molar-refractivity contribution is 5.92. The predicted octanol–water partition coefficient (Wildman–Crippen LogP) is 2.71. The van der Waals surface area contributed by atoms with Crippen LogP contribution in [-0.4, -0.2) is 18.6 Å². The zero-order valence-electron chi connectivity index (χ0n) is 11.0. The normalized spacial score (nSPS) is 10.6. The fraction of sp³-hybridized carbons (Fsp3) is 0.267. The van der Waals surface area contributed by atoms with E-state index >= 15 is 0 Å². The summed E-state index contributed by atoms with van der Waals surface area (Å²) in [7, 11) is 2.03. The maximum Gasteiger partial charge on any atom is 0.136 e. The molecule has 0 bridgehead atoms. The van der Waals surface area contributed by atoms with E-state index < -0.39 is 0 Å². The number of rotatable bonds is 4. The van der Waals surface area contributed by atoms with E-state index in [1.165, 1.54) is 5.39 Å². The lowest BCUT2D eigenvalue weighted by molar-refractivity contribution is 0.928. The van der Waals surface area contributed by atoms with Gasteiger partial charge in [0.05, 0.1) is 5.69 Å². The minimum absolute atomic E-state index is 0.457. The summed E-state index contributed by atoms with van der Waals surface area (Å²) < 4.78 is 0. The highest BCUT2D eigenvalue weighted by atomic mass is 15.2. The summed E-state index contributed by atoms with van der Waals surface area (Å²) in [5, 5.41) is 2.33. The Bertz CT molecular complexity index is 575. The van der Waals surface area contributed by atoms with Gasteiger partial charge in [-0.25, -0.2) is 4.98 Å². The molecule has 0 unspecified atom stereocenters. The van der Waals surface area contributed by atoms with Crippen molar-refractivity contribution in [1.29, 1.82) is 0 Å². The molecule has 0 amide bonds. The van der Waals surface area contributed by atoms with Gasteiger partial charge < -0.3 is 10.6 Å². The number of anilines is 1. The van der Waals surface area contributed by atoms with Crippen molar-refractivity contribution >= 4 is 16.6 Å². The van der Waals surface area contributed by atoms with Gasteiger partial charge in [0.25, 0.3) is 0 Å². The van der Waals surface area contributed by atoms with E-state index in [2.05, 4.69) is 28.6 Å². The maximum atomic E-state index is 5.71. The molecule has 0 saturated carbocycles. The average Bonchev–Trinajstić information content (AvgIpc) is 2.36. The molecule has 1 aromatic heterocycles. The summed E-state index contributed by atoms with van der Waals surface area (Å²) in [5.41, 5.74) is 7.74. The topological polar surface area (TPSA) is 42.2 Å². The van der Waals surface area contributed by atoms with Crippen LogP contribution < -0.4 is 10.6 Å². The van der Waals surface area contributed by atoms with Crippen LogP contribution in [0.25, 0.3) is 10.8 Å². The van der Waals surface area contributed by atoms with Crippen molar-refractivity contribution < 1.29 is 0 Å². The minimum Gasteiger partial charge on any atom is -0.355 e. The molecule has 0 saturated heterocycles. The predicted molar refractivity (Wildman–Crippen MR) is 77.7 cm³/mol. The molecule has 0 aliphatic rings. The number of nitrogens with zero attached hydrogens (tertiary/aromatic N) is 2. The second kappa shape index (κ2) is 5.19. The van der Waals surface area contributed by atoms with Crippen molar-refractivity contribution in [2.75, 3.05) is 18.5 Å². The number of hydrogen-bond acceptors (Lipinski definition) is 3. The van der Waals surface area contributed by atoms with Gasteiger partial charge in [0, 0.05) is 25.5 Å². The van der Waals surface area contributed by atoms with E-state index in [0.717, 1.165) is 29.0 Å². The van der Waals surface area contributed by atoms with Gasteiger partial charge >= 0.3 is 0 Å². The van der Waals surface area contributed by atoms with Gasteiger partial charge in [0.15, 0.2) is 0 Å². The number of pyridine rings is 1. The van der Waals surface area contributed by atoms with Crippen molar-refractivity contribution in [1.82, 2.24) is 4.98 Å². The Labute approximate surface area is 108 Å². The summed E-state index contributed by atoms with van der Waals surface area (Å²) in [5.74, 6) is 0.969. The Morgan fingerprint density at radius 1 is 1.39 bits per heavy atom. The summed E-state index contributed by atoms with van der Waals surface area (Å²) in [6.07, 6.45) is 0. The standard InChI is InChI=1S/C15H19N3/c1-11(2)10-18(3)15-14-7-5-4-6-12(14)8-13(9-16)17-15/h4-8H,1,9-10,16H2,2-3H3. The smallest absolute Gasteiger partial charge is 0.136 e. The van der Waals surface area contributed by atoms with Crippen LogP contribution in [0.3, 0.4) is 0 Å².